The monoisotopic (exact) mass is 448 g/mol. The number of fused-ring (bicyclic) bond motifs is 1. The Labute approximate surface area is 187 Å². The summed E-state index contributed by atoms with van der Waals surface area (Å²) in [5.41, 5.74) is 6.17. The van der Waals surface area contributed by atoms with Crippen LogP contribution in [0.1, 0.15) is 16.8 Å². The molecule has 0 saturated heterocycles. The van der Waals surface area contributed by atoms with E-state index in [1.165, 1.54) is 7.11 Å². The molecule has 0 aliphatic rings. The highest BCUT2D eigenvalue weighted by molar-refractivity contribution is 7.98. The normalized spacial score (nSPS) is 13.2. The number of esters is 1. The van der Waals surface area contributed by atoms with Gasteiger partial charge < -0.3 is 20.5 Å². The van der Waals surface area contributed by atoms with Gasteiger partial charge in [-0.1, -0.05) is 30.3 Å². The van der Waals surface area contributed by atoms with Gasteiger partial charge in [-0.15, -0.1) is 0 Å². The molecule has 2 rings (SSSR count). The third kappa shape index (κ3) is 6.97. The Hall–Kier alpha value is -2.16. The van der Waals surface area contributed by atoms with E-state index in [-0.39, 0.29) is 18.6 Å². The molecule has 2 aromatic rings. The summed E-state index contributed by atoms with van der Waals surface area (Å²) in [6.07, 6.45) is 6.03. The molecule has 0 heterocycles. The number of ether oxygens (including phenoxy) is 2. The van der Waals surface area contributed by atoms with Crippen molar-refractivity contribution in [1.82, 2.24) is 5.32 Å². The summed E-state index contributed by atoms with van der Waals surface area (Å²) in [4.78, 5) is 25.1. The summed E-state index contributed by atoms with van der Waals surface area (Å²) in [7, 11) is 1.31. The van der Waals surface area contributed by atoms with E-state index >= 15 is 0 Å². The van der Waals surface area contributed by atoms with Crippen LogP contribution in [0.15, 0.2) is 48.6 Å². The zero-order chi connectivity index (χ0) is 21.9. The molecule has 2 unspecified atom stereocenters. The second kappa shape index (κ2) is 12.5. The number of thioether (sulfide) groups is 1. The summed E-state index contributed by atoms with van der Waals surface area (Å²) in [6.45, 7) is 0.257. The van der Waals surface area contributed by atoms with Gasteiger partial charge in [0.15, 0.2) is 0 Å². The molecule has 0 saturated carbocycles. The number of hydrogen-bond acceptors (Lipinski definition) is 7. The highest BCUT2D eigenvalue weighted by Crippen LogP contribution is 2.26. The molecule has 1 amide bonds. The van der Waals surface area contributed by atoms with Crippen molar-refractivity contribution in [2.75, 3.05) is 31.5 Å². The molecule has 0 bridgehead atoms. The van der Waals surface area contributed by atoms with Crippen molar-refractivity contribution in [3.8, 4) is 5.75 Å². The lowest BCUT2D eigenvalue weighted by Crippen LogP contribution is -2.42. The molecule has 3 N–H and O–H groups in total. The van der Waals surface area contributed by atoms with Crippen LogP contribution in [0.2, 0.25) is 0 Å². The third-order valence-electron chi connectivity index (χ3n) is 4.42. The van der Waals surface area contributed by atoms with Gasteiger partial charge in [0.2, 0.25) is 0 Å². The first-order valence-corrected chi connectivity index (χ1v) is 11.6. The van der Waals surface area contributed by atoms with Crippen molar-refractivity contribution in [2.24, 2.45) is 5.73 Å². The number of nitrogens with two attached hydrogens (primary N) is 1. The molecule has 0 spiro atoms. The summed E-state index contributed by atoms with van der Waals surface area (Å²) < 4.78 is 10.7. The molecular weight excluding hydrogens is 420 g/mol. The zero-order valence-corrected chi connectivity index (χ0v) is 18.9. The number of thiol groups is 1. The second-order valence-corrected chi connectivity index (χ2v) is 7.96. The van der Waals surface area contributed by atoms with Crippen molar-refractivity contribution >= 4 is 47.0 Å². The van der Waals surface area contributed by atoms with Gasteiger partial charge >= 0.3 is 5.97 Å². The van der Waals surface area contributed by atoms with Crippen LogP contribution in [0, 0.1) is 0 Å². The van der Waals surface area contributed by atoms with E-state index in [4.69, 9.17) is 15.2 Å². The topological polar surface area (TPSA) is 90.6 Å². The molecule has 0 aromatic heterocycles. The van der Waals surface area contributed by atoms with Gasteiger partial charge in [-0.3, -0.25) is 4.79 Å². The minimum Gasteiger partial charge on any atom is -0.489 e. The largest absolute Gasteiger partial charge is 0.489 e. The maximum Gasteiger partial charge on any atom is 0.328 e. The molecule has 0 aliphatic carbocycles. The Kier molecular flexibility index (Phi) is 10.1. The molecule has 6 nitrogen and oxygen atoms in total. The third-order valence-corrected chi connectivity index (χ3v) is 5.49. The van der Waals surface area contributed by atoms with E-state index in [0.29, 0.717) is 23.5 Å². The highest BCUT2D eigenvalue weighted by Gasteiger charge is 2.23. The van der Waals surface area contributed by atoms with Crippen LogP contribution >= 0.6 is 24.4 Å². The van der Waals surface area contributed by atoms with Crippen LogP contribution in [0.3, 0.4) is 0 Å². The van der Waals surface area contributed by atoms with Crippen molar-refractivity contribution < 1.29 is 19.1 Å². The van der Waals surface area contributed by atoms with Gasteiger partial charge in [0.25, 0.3) is 5.91 Å². The Morgan fingerprint density at radius 2 is 1.97 bits per heavy atom. The fourth-order valence-electron chi connectivity index (χ4n) is 2.81. The maximum atomic E-state index is 13.0. The van der Waals surface area contributed by atoms with Crippen molar-refractivity contribution in [1.29, 1.82) is 0 Å². The summed E-state index contributed by atoms with van der Waals surface area (Å²) in [5, 5.41) is 4.64. The predicted octanol–water partition coefficient (Wildman–Crippen LogP) is 3.06. The maximum absolute atomic E-state index is 13.0. The van der Waals surface area contributed by atoms with E-state index in [1.54, 1.807) is 23.9 Å². The smallest absolute Gasteiger partial charge is 0.328 e. The van der Waals surface area contributed by atoms with E-state index in [0.717, 1.165) is 16.5 Å². The highest BCUT2D eigenvalue weighted by atomic mass is 32.2. The molecule has 162 valence electrons. The van der Waals surface area contributed by atoms with Crippen LogP contribution in [0.4, 0.5) is 0 Å². The number of hydrogen-bond donors (Lipinski definition) is 3. The van der Waals surface area contributed by atoms with Crippen LogP contribution in [-0.2, 0) is 9.53 Å². The van der Waals surface area contributed by atoms with Gasteiger partial charge in [-0.05, 0) is 47.4 Å². The lowest BCUT2D eigenvalue weighted by molar-refractivity contribution is -0.142. The standard InChI is InChI=1S/C22H28N2O4S2/c1-27-22(26)19(9-11-30-2)24-21(25)18-12-15-6-3-4-7-16(15)13-20(18)28-10-5-8-17(23)14-29/h3-8,12-13,17,19,29H,9-11,14,23H2,1-2H3,(H,24,25)/b8-5+. The second-order valence-electron chi connectivity index (χ2n) is 6.61. The minimum absolute atomic E-state index is 0.159. The fraction of sp³-hybridized carbons (Fsp3) is 0.364. The number of carbonyl (C=O) groups excluding carboxylic acids is 2. The number of rotatable bonds is 11. The molecule has 30 heavy (non-hydrogen) atoms. The molecule has 0 aliphatic heterocycles. The lowest BCUT2D eigenvalue weighted by atomic mass is 10.0. The molecular formula is C22H28N2O4S2. The summed E-state index contributed by atoms with van der Waals surface area (Å²) in [6, 6.07) is 10.4. The molecule has 0 fully saturated rings. The van der Waals surface area contributed by atoms with E-state index in [9.17, 15) is 9.59 Å². The Bertz CT molecular complexity index is 889. The van der Waals surface area contributed by atoms with Gasteiger partial charge in [0.1, 0.15) is 18.4 Å². The number of benzene rings is 2. The van der Waals surface area contributed by atoms with Crippen LogP contribution in [-0.4, -0.2) is 55.4 Å². The minimum atomic E-state index is -0.720. The average Bonchev–Trinajstić information content (AvgIpc) is 2.77. The van der Waals surface area contributed by atoms with E-state index in [2.05, 4.69) is 17.9 Å². The van der Waals surface area contributed by atoms with E-state index in [1.807, 2.05) is 42.7 Å². The summed E-state index contributed by atoms with van der Waals surface area (Å²) in [5.74, 6) is 0.832. The molecule has 8 heteroatoms. The number of methoxy groups -OCH3 is 1. The van der Waals surface area contributed by atoms with Gasteiger partial charge in [0.05, 0.1) is 12.7 Å². The molecule has 2 aromatic carbocycles. The molecule has 0 radical (unpaired) electrons. The zero-order valence-electron chi connectivity index (χ0n) is 17.2. The lowest BCUT2D eigenvalue weighted by Gasteiger charge is -2.18. The van der Waals surface area contributed by atoms with E-state index < -0.39 is 12.0 Å². The predicted molar refractivity (Wildman–Crippen MR) is 127 cm³/mol. The first-order valence-electron chi connectivity index (χ1n) is 9.56. The fourth-order valence-corrected chi connectivity index (χ4v) is 3.40. The Morgan fingerprint density at radius 3 is 2.60 bits per heavy atom. The van der Waals surface area contributed by atoms with Crippen LogP contribution < -0.4 is 15.8 Å². The van der Waals surface area contributed by atoms with Gasteiger partial charge in [-0.2, -0.15) is 24.4 Å². The first-order chi connectivity index (χ1) is 14.5. The van der Waals surface area contributed by atoms with Gasteiger partial charge in [0, 0.05) is 11.8 Å². The molecule has 2 atom stereocenters. The van der Waals surface area contributed by atoms with Crippen LogP contribution in [0.25, 0.3) is 10.8 Å². The summed E-state index contributed by atoms with van der Waals surface area (Å²) >= 11 is 5.74. The average molecular weight is 449 g/mol. The van der Waals surface area contributed by atoms with Crippen molar-refractivity contribution in [2.45, 2.75) is 18.5 Å². The number of nitrogens with one attached hydrogen (secondary N) is 1. The van der Waals surface area contributed by atoms with Gasteiger partial charge in [-0.25, -0.2) is 4.79 Å². The van der Waals surface area contributed by atoms with Crippen LogP contribution in [0.5, 0.6) is 5.75 Å². The first kappa shape index (κ1) is 24.1. The van der Waals surface area contributed by atoms with Crippen molar-refractivity contribution in [3.05, 3.63) is 54.1 Å². The SMILES string of the molecule is COC(=O)C(CCSC)NC(=O)c1cc2ccccc2cc1OC/C=C/C(N)CS. The quantitative estimate of drug-likeness (QED) is 0.278. The Morgan fingerprint density at radius 1 is 1.27 bits per heavy atom. The Balaban J connectivity index is 2.28. The number of amides is 1. The van der Waals surface area contributed by atoms with Crippen molar-refractivity contribution in [3.63, 3.8) is 0 Å². The number of carbonyl (C=O) groups is 2.